The topological polar surface area (TPSA) is 103 Å². The Morgan fingerprint density at radius 1 is 0.840 bits per heavy atom. The van der Waals surface area contributed by atoms with Crippen molar-refractivity contribution in [1.29, 1.82) is 0 Å². The van der Waals surface area contributed by atoms with Crippen LogP contribution in [0.25, 0.3) is 0 Å². The number of hydrazine groups is 1. The van der Waals surface area contributed by atoms with Crippen LogP contribution < -0.4 is 20.3 Å². The number of carbonyl (C=O) groups is 3. The molecule has 3 rings (SSSR count). The standard InChI is InChI=1S/C17H14N2O6/c1-23-17(22)11-4-2-10(3-5-11)15(20)18-19-16(21)12-6-7-13-14(8-12)25-9-24-13/h2-8H,9H2,1H3,(H,18,20)(H,19,21). The summed E-state index contributed by atoms with van der Waals surface area (Å²) in [4.78, 5) is 35.5. The Morgan fingerprint density at radius 3 is 2.08 bits per heavy atom. The molecule has 0 radical (unpaired) electrons. The molecule has 1 aliphatic heterocycles. The lowest BCUT2D eigenvalue weighted by Crippen LogP contribution is -2.41. The molecule has 2 aromatic rings. The first-order valence-corrected chi connectivity index (χ1v) is 7.27. The number of benzene rings is 2. The predicted octanol–water partition coefficient (Wildman–Crippen LogP) is 1.28. The van der Waals surface area contributed by atoms with Crippen LogP contribution >= 0.6 is 0 Å². The van der Waals surface area contributed by atoms with Gasteiger partial charge in [0.25, 0.3) is 11.8 Å². The fraction of sp³-hybridized carbons (Fsp3) is 0.118. The molecular weight excluding hydrogens is 328 g/mol. The van der Waals surface area contributed by atoms with Crippen LogP contribution in [-0.2, 0) is 4.74 Å². The van der Waals surface area contributed by atoms with Gasteiger partial charge in [0.2, 0.25) is 6.79 Å². The molecule has 8 nitrogen and oxygen atoms in total. The van der Waals surface area contributed by atoms with E-state index in [1.807, 2.05) is 0 Å². The summed E-state index contributed by atoms with van der Waals surface area (Å²) < 4.78 is 14.9. The molecule has 0 saturated heterocycles. The van der Waals surface area contributed by atoms with E-state index in [1.165, 1.54) is 37.4 Å². The van der Waals surface area contributed by atoms with E-state index in [4.69, 9.17) is 9.47 Å². The Bertz CT molecular complexity index is 832. The van der Waals surface area contributed by atoms with Gasteiger partial charge in [-0.3, -0.25) is 20.4 Å². The van der Waals surface area contributed by atoms with E-state index in [0.717, 1.165) is 0 Å². The highest BCUT2D eigenvalue weighted by Crippen LogP contribution is 2.32. The van der Waals surface area contributed by atoms with Gasteiger partial charge in [0.15, 0.2) is 11.5 Å². The quantitative estimate of drug-likeness (QED) is 0.643. The summed E-state index contributed by atoms with van der Waals surface area (Å²) in [5.41, 5.74) is 5.52. The van der Waals surface area contributed by atoms with E-state index in [1.54, 1.807) is 12.1 Å². The zero-order valence-corrected chi connectivity index (χ0v) is 13.2. The van der Waals surface area contributed by atoms with Gasteiger partial charge < -0.3 is 14.2 Å². The lowest BCUT2D eigenvalue weighted by atomic mass is 10.1. The molecule has 0 unspecified atom stereocenters. The Morgan fingerprint density at radius 2 is 1.40 bits per heavy atom. The van der Waals surface area contributed by atoms with Gasteiger partial charge in [0, 0.05) is 11.1 Å². The van der Waals surface area contributed by atoms with Gasteiger partial charge in [-0.05, 0) is 42.5 Å². The Kier molecular flexibility index (Phi) is 4.51. The van der Waals surface area contributed by atoms with Crippen molar-refractivity contribution >= 4 is 17.8 Å². The molecule has 128 valence electrons. The average molecular weight is 342 g/mol. The van der Waals surface area contributed by atoms with Crippen LogP contribution in [0.4, 0.5) is 0 Å². The largest absolute Gasteiger partial charge is 0.465 e. The minimum absolute atomic E-state index is 0.110. The second-order valence-electron chi connectivity index (χ2n) is 5.05. The number of esters is 1. The number of amides is 2. The zero-order valence-electron chi connectivity index (χ0n) is 13.2. The molecular formula is C17H14N2O6. The summed E-state index contributed by atoms with van der Waals surface area (Å²) in [6, 6.07) is 10.5. The van der Waals surface area contributed by atoms with Gasteiger partial charge in [-0.2, -0.15) is 0 Å². The molecule has 25 heavy (non-hydrogen) atoms. The van der Waals surface area contributed by atoms with E-state index in [-0.39, 0.29) is 12.4 Å². The predicted molar refractivity (Wildman–Crippen MR) is 85.3 cm³/mol. The van der Waals surface area contributed by atoms with Gasteiger partial charge in [-0.15, -0.1) is 0 Å². The Labute approximate surface area is 142 Å². The molecule has 0 spiro atoms. The second kappa shape index (κ2) is 6.91. The molecule has 0 atom stereocenters. The number of hydrogen-bond acceptors (Lipinski definition) is 6. The fourth-order valence-electron chi connectivity index (χ4n) is 2.17. The number of nitrogens with one attached hydrogen (secondary N) is 2. The van der Waals surface area contributed by atoms with Crippen LogP contribution in [0.2, 0.25) is 0 Å². The fourth-order valence-corrected chi connectivity index (χ4v) is 2.17. The lowest BCUT2D eigenvalue weighted by Gasteiger charge is -2.08. The van der Waals surface area contributed by atoms with Crippen molar-refractivity contribution < 1.29 is 28.6 Å². The molecule has 0 fully saturated rings. The molecule has 1 aliphatic rings. The van der Waals surface area contributed by atoms with Crippen molar-refractivity contribution in [3.63, 3.8) is 0 Å². The zero-order chi connectivity index (χ0) is 17.8. The third-order valence-electron chi connectivity index (χ3n) is 3.49. The van der Waals surface area contributed by atoms with Crippen molar-refractivity contribution in [2.75, 3.05) is 13.9 Å². The van der Waals surface area contributed by atoms with Crippen molar-refractivity contribution in [2.24, 2.45) is 0 Å². The Balaban J connectivity index is 1.60. The third-order valence-corrected chi connectivity index (χ3v) is 3.49. The molecule has 2 aromatic carbocycles. The molecule has 1 heterocycles. The van der Waals surface area contributed by atoms with Gasteiger partial charge in [-0.1, -0.05) is 0 Å². The minimum Gasteiger partial charge on any atom is -0.465 e. The van der Waals surface area contributed by atoms with E-state index in [2.05, 4.69) is 15.6 Å². The average Bonchev–Trinajstić information content (AvgIpc) is 3.13. The van der Waals surface area contributed by atoms with Crippen LogP contribution in [0.15, 0.2) is 42.5 Å². The number of methoxy groups -OCH3 is 1. The summed E-state index contributed by atoms with van der Waals surface area (Å²) in [7, 11) is 1.27. The van der Waals surface area contributed by atoms with Gasteiger partial charge >= 0.3 is 5.97 Å². The summed E-state index contributed by atoms with van der Waals surface area (Å²) >= 11 is 0. The molecule has 2 N–H and O–H groups in total. The van der Waals surface area contributed by atoms with Crippen molar-refractivity contribution in [3.05, 3.63) is 59.2 Å². The molecule has 0 saturated carbocycles. The second-order valence-corrected chi connectivity index (χ2v) is 5.05. The first-order chi connectivity index (χ1) is 12.1. The smallest absolute Gasteiger partial charge is 0.337 e. The van der Waals surface area contributed by atoms with E-state index >= 15 is 0 Å². The van der Waals surface area contributed by atoms with Gasteiger partial charge in [-0.25, -0.2) is 4.79 Å². The highest BCUT2D eigenvalue weighted by molar-refractivity contribution is 6.00. The summed E-state index contributed by atoms with van der Waals surface area (Å²) in [6.07, 6.45) is 0. The maximum atomic E-state index is 12.1. The SMILES string of the molecule is COC(=O)c1ccc(C(=O)NNC(=O)c2ccc3c(c2)OCO3)cc1. The molecule has 2 amide bonds. The first-order valence-electron chi connectivity index (χ1n) is 7.27. The monoisotopic (exact) mass is 342 g/mol. The van der Waals surface area contributed by atoms with Gasteiger partial charge in [0.05, 0.1) is 12.7 Å². The normalized spacial score (nSPS) is 11.6. The summed E-state index contributed by atoms with van der Waals surface area (Å²) in [5, 5.41) is 0. The Hall–Kier alpha value is -3.55. The van der Waals surface area contributed by atoms with Gasteiger partial charge in [0.1, 0.15) is 0 Å². The highest BCUT2D eigenvalue weighted by atomic mass is 16.7. The van der Waals surface area contributed by atoms with Crippen molar-refractivity contribution in [1.82, 2.24) is 10.9 Å². The maximum Gasteiger partial charge on any atom is 0.337 e. The number of ether oxygens (including phenoxy) is 3. The summed E-state index contributed by atoms with van der Waals surface area (Å²) in [6.45, 7) is 0.110. The summed E-state index contributed by atoms with van der Waals surface area (Å²) in [5.74, 6) is -0.491. The van der Waals surface area contributed by atoms with Crippen LogP contribution in [-0.4, -0.2) is 31.7 Å². The van der Waals surface area contributed by atoms with Crippen molar-refractivity contribution in [3.8, 4) is 11.5 Å². The maximum absolute atomic E-state index is 12.1. The van der Waals surface area contributed by atoms with Crippen LogP contribution in [0.1, 0.15) is 31.1 Å². The molecule has 0 aliphatic carbocycles. The molecule has 8 heteroatoms. The molecule has 0 bridgehead atoms. The van der Waals surface area contributed by atoms with Crippen LogP contribution in [0.5, 0.6) is 11.5 Å². The van der Waals surface area contributed by atoms with Crippen molar-refractivity contribution in [2.45, 2.75) is 0 Å². The minimum atomic E-state index is -0.523. The van der Waals surface area contributed by atoms with Crippen LogP contribution in [0, 0.1) is 0 Å². The molecule has 0 aromatic heterocycles. The number of fused-ring (bicyclic) bond motifs is 1. The number of hydrogen-bond donors (Lipinski definition) is 2. The number of carbonyl (C=O) groups excluding carboxylic acids is 3. The third kappa shape index (κ3) is 3.52. The highest BCUT2D eigenvalue weighted by Gasteiger charge is 2.17. The lowest BCUT2D eigenvalue weighted by molar-refractivity contribution is 0.0600. The van der Waals surface area contributed by atoms with E-state index < -0.39 is 17.8 Å². The van der Waals surface area contributed by atoms with Crippen LogP contribution in [0.3, 0.4) is 0 Å². The number of rotatable bonds is 3. The van der Waals surface area contributed by atoms with E-state index in [0.29, 0.717) is 22.6 Å². The first kappa shape index (κ1) is 16.3. The van der Waals surface area contributed by atoms with E-state index in [9.17, 15) is 14.4 Å².